The molecule has 4 nitrogen and oxygen atoms in total. The van der Waals surface area contributed by atoms with E-state index in [1.54, 1.807) is 19.1 Å². The van der Waals surface area contributed by atoms with Gasteiger partial charge in [0.25, 0.3) is 0 Å². The lowest BCUT2D eigenvalue weighted by Gasteiger charge is -2.08. The molecule has 0 aliphatic heterocycles. The van der Waals surface area contributed by atoms with Crippen LogP contribution < -0.4 is 5.32 Å². The van der Waals surface area contributed by atoms with E-state index in [0.717, 1.165) is 43.5 Å². The van der Waals surface area contributed by atoms with E-state index in [0.29, 0.717) is 5.56 Å². The highest BCUT2D eigenvalue weighted by Crippen LogP contribution is 2.15. The molecule has 0 aliphatic rings. The van der Waals surface area contributed by atoms with E-state index in [4.69, 9.17) is 10.2 Å². The van der Waals surface area contributed by atoms with Crippen molar-refractivity contribution in [1.29, 1.82) is 0 Å². The summed E-state index contributed by atoms with van der Waals surface area (Å²) in [6, 6.07) is 5.28. The number of benzene rings is 1. The fraction of sp³-hybridized carbons (Fsp3) is 0.500. The minimum atomic E-state index is -0.886. The summed E-state index contributed by atoms with van der Waals surface area (Å²) in [5.41, 5.74) is 2.08. The van der Waals surface area contributed by atoms with Crippen molar-refractivity contribution in [1.82, 2.24) is 0 Å². The standard InChI is InChI=1S/C14H21NO3/c1-11-10-12(6-7-13(11)14(17)18)15-8-4-2-3-5-9-16/h6-7,10,15-16H,2-5,8-9H2,1H3,(H,17,18). The second-order valence-electron chi connectivity index (χ2n) is 4.40. The molecule has 0 aliphatic carbocycles. The topological polar surface area (TPSA) is 69.6 Å². The summed E-state index contributed by atoms with van der Waals surface area (Å²) in [4.78, 5) is 10.9. The molecule has 1 rings (SSSR count). The fourth-order valence-corrected chi connectivity index (χ4v) is 1.84. The van der Waals surface area contributed by atoms with Gasteiger partial charge in [-0.1, -0.05) is 12.8 Å². The van der Waals surface area contributed by atoms with Crippen LogP contribution in [0.25, 0.3) is 0 Å². The molecule has 100 valence electrons. The maximum Gasteiger partial charge on any atom is 0.335 e. The predicted octanol–water partition coefficient (Wildman–Crippen LogP) is 2.66. The van der Waals surface area contributed by atoms with Gasteiger partial charge in [0.05, 0.1) is 5.56 Å². The van der Waals surface area contributed by atoms with Crippen LogP contribution in [-0.4, -0.2) is 29.3 Å². The Labute approximate surface area is 108 Å². The van der Waals surface area contributed by atoms with Crippen LogP contribution in [0, 0.1) is 6.92 Å². The molecule has 0 unspecified atom stereocenters. The lowest BCUT2D eigenvalue weighted by molar-refractivity contribution is 0.0696. The first kappa shape index (κ1) is 14.5. The van der Waals surface area contributed by atoms with Crippen LogP contribution in [0.3, 0.4) is 0 Å². The van der Waals surface area contributed by atoms with Gasteiger partial charge in [-0.3, -0.25) is 0 Å². The van der Waals surface area contributed by atoms with Crippen LogP contribution in [0.4, 0.5) is 5.69 Å². The van der Waals surface area contributed by atoms with Gasteiger partial charge in [0.15, 0.2) is 0 Å². The number of aryl methyl sites for hydroxylation is 1. The molecule has 0 fully saturated rings. The quantitative estimate of drug-likeness (QED) is 0.621. The number of aliphatic hydroxyl groups is 1. The van der Waals surface area contributed by atoms with Crippen molar-refractivity contribution in [3.63, 3.8) is 0 Å². The third-order valence-electron chi connectivity index (χ3n) is 2.87. The number of carbonyl (C=O) groups is 1. The lowest BCUT2D eigenvalue weighted by Crippen LogP contribution is -2.04. The summed E-state index contributed by atoms with van der Waals surface area (Å²) in [5, 5.41) is 20.8. The highest BCUT2D eigenvalue weighted by Gasteiger charge is 2.06. The van der Waals surface area contributed by atoms with Crippen LogP contribution in [0.15, 0.2) is 18.2 Å². The Morgan fingerprint density at radius 1 is 1.22 bits per heavy atom. The molecule has 3 N–H and O–H groups in total. The van der Waals surface area contributed by atoms with Crippen molar-refractivity contribution in [2.45, 2.75) is 32.6 Å². The highest BCUT2D eigenvalue weighted by atomic mass is 16.4. The second-order valence-corrected chi connectivity index (χ2v) is 4.40. The zero-order valence-corrected chi connectivity index (χ0v) is 10.8. The summed E-state index contributed by atoms with van der Waals surface area (Å²) in [6.07, 6.45) is 4.07. The molecule has 4 heteroatoms. The van der Waals surface area contributed by atoms with Crippen molar-refractivity contribution >= 4 is 11.7 Å². The van der Waals surface area contributed by atoms with Gasteiger partial charge in [-0.25, -0.2) is 4.79 Å². The number of unbranched alkanes of at least 4 members (excludes halogenated alkanes) is 3. The second kappa shape index (κ2) is 7.71. The number of hydrogen-bond acceptors (Lipinski definition) is 3. The van der Waals surface area contributed by atoms with Gasteiger partial charge >= 0.3 is 5.97 Å². The van der Waals surface area contributed by atoms with E-state index in [1.807, 2.05) is 6.07 Å². The van der Waals surface area contributed by atoms with Crippen LogP contribution >= 0.6 is 0 Å². The number of carboxylic acid groups (broad SMARTS) is 1. The number of aliphatic hydroxyl groups excluding tert-OH is 1. The Morgan fingerprint density at radius 2 is 1.94 bits per heavy atom. The Balaban J connectivity index is 2.35. The molecule has 1 aromatic carbocycles. The van der Waals surface area contributed by atoms with Gasteiger partial charge in [0.1, 0.15) is 0 Å². The number of anilines is 1. The third kappa shape index (κ3) is 4.75. The molecule has 18 heavy (non-hydrogen) atoms. The van der Waals surface area contributed by atoms with Crippen molar-refractivity contribution in [2.75, 3.05) is 18.5 Å². The van der Waals surface area contributed by atoms with Crippen molar-refractivity contribution in [2.24, 2.45) is 0 Å². The monoisotopic (exact) mass is 251 g/mol. The molecule has 0 spiro atoms. The zero-order valence-electron chi connectivity index (χ0n) is 10.8. The highest BCUT2D eigenvalue weighted by molar-refractivity contribution is 5.89. The Bertz CT molecular complexity index is 391. The summed E-state index contributed by atoms with van der Waals surface area (Å²) < 4.78 is 0. The fourth-order valence-electron chi connectivity index (χ4n) is 1.84. The van der Waals surface area contributed by atoms with E-state index in [2.05, 4.69) is 5.32 Å². The van der Waals surface area contributed by atoms with Gasteiger partial charge < -0.3 is 15.5 Å². The summed E-state index contributed by atoms with van der Waals surface area (Å²) >= 11 is 0. The smallest absolute Gasteiger partial charge is 0.335 e. The van der Waals surface area contributed by atoms with Gasteiger partial charge in [-0.15, -0.1) is 0 Å². The molecule has 0 radical (unpaired) electrons. The van der Waals surface area contributed by atoms with Crippen LogP contribution in [0.1, 0.15) is 41.6 Å². The first-order valence-electron chi connectivity index (χ1n) is 6.34. The van der Waals surface area contributed by atoms with E-state index in [-0.39, 0.29) is 6.61 Å². The molecule has 1 aromatic rings. The Kier molecular flexibility index (Phi) is 6.22. The van der Waals surface area contributed by atoms with Gasteiger partial charge in [-0.2, -0.15) is 0 Å². The molecule has 0 saturated carbocycles. The van der Waals surface area contributed by atoms with Crippen LogP contribution in [0.5, 0.6) is 0 Å². The van der Waals surface area contributed by atoms with Gasteiger partial charge in [0.2, 0.25) is 0 Å². The number of hydrogen-bond donors (Lipinski definition) is 3. The summed E-state index contributed by atoms with van der Waals surface area (Å²) in [6.45, 7) is 2.94. The lowest BCUT2D eigenvalue weighted by atomic mass is 10.1. The normalized spacial score (nSPS) is 10.3. The number of aromatic carboxylic acids is 1. The molecule has 0 atom stereocenters. The minimum Gasteiger partial charge on any atom is -0.478 e. The number of carboxylic acids is 1. The molecule has 0 amide bonds. The Morgan fingerprint density at radius 3 is 2.56 bits per heavy atom. The molecule has 0 saturated heterocycles. The maximum atomic E-state index is 10.9. The van der Waals surface area contributed by atoms with Crippen molar-refractivity contribution < 1.29 is 15.0 Å². The Hall–Kier alpha value is -1.55. The molecule has 0 aromatic heterocycles. The molecular weight excluding hydrogens is 230 g/mol. The van der Waals surface area contributed by atoms with E-state index in [1.165, 1.54) is 0 Å². The largest absolute Gasteiger partial charge is 0.478 e. The first-order chi connectivity index (χ1) is 8.65. The zero-order chi connectivity index (χ0) is 13.4. The van der Waals surface area contributed by atoms with Crippen molar-refractivity contribution in [3.8, 4) is 0 Å². The van der Waals surface area contributed by atoms with Crippen LogP contribution in [-0.2, 0) is 0 Å². The number of rotatable bonds is 8. The number of nitrogens with one attached hydrogen (secondary N) is 1. The summed E-state index contributed by atoms with van der Waals surface area (Å²) in [7, 11) is 0. The SMILES string of the molecule is Cc1cc(NCCCCCCO)ccc1C(=O)O. The molecule has 0 bridgehead atoms. The van der Waals surface area contributed by atoms with E-state index >= 15 is 0 Å². The predicted molar refractivity (Wildman–Crippen MR) is 72.2 cm³/mol. The van der Waals surface area contributed by atoms with Crippen LogP contribution in [0.2, 0.25) is 0 Å². The third-order valence-corrected chi connectivity index (χ3v) is 2.87. The van der Waals surface area contributed by atoms with Gasteiger partial charge in [0, 0.05) is 18.8 Å². The average Bonchev–Trinajstić information content (AvgIpc) is 2.33. The molecular formula is C14H21NO3. The summed E-state index contributed by atoms with van der Waals surface area (Å²) in [5.74, 6) is -0.886. The molecule has 0 heterocycles. The maximum absolute atomic E-state index is 10.9. The van der Waals surface area contributed by atoms with E-state index < -0.39 is 5.97 Å². The van der Waals surface area contributed by atoms with Crippen molar-refractivity contribution in [3.05, 3.63) is 29.3 Å². The van der Waals surface area contributed by atoms with Gasteiger partial charge in [-0.05, 0) is 43.5 Å². The average molecular weight is 251 g/mol. The first-order valence-corrected chi connectivity index (χ1v) is 6.34. The minimum absolute atomic E-state index is 0.267. The van der Waals surface area contributed by atoms with E-state index in [9.17, 15) is 4.79 Å².